The SMILES string of the molecule is CC(=O)O[C@H]1[C@H](O[C@H]2CC[C@@]3(C)[C@@H]([C@@H](O[C@@H]4OC[C@@H](O)[C@H](O)[C@H]4O)C[C@H]4[C@]5(C)C[C@H](O)[C@H]([C@@]6(C)CC[C@@H](C(C)(C)O)O6)[C@@]5(C)CC[C@]43C)C2(C)C)OC[C@@H](O)[C@@H]1O. The van der Waals surface area contributed by atoms with E-state index >= 15 is 0 Å². The van der Waals surface area contributed by atoms with Crippen molar-refractivity contribution in [1.82, 2.24) is 0 Å². The van der Waals surface area contributed by atoms with Crippen LogP contribution in [-0.2, 0) is 33.2 Å². The third kappa shape index (κ3) is 6.68. The molecule has 7 fully saturated rings. The van der Waals surface area contributed by atoms with Crippen molar-refractivity contribution in [2.24, 2.45) is 44.8 Å². The minimum absolute atomic E-state index is 0.0425. The quantitative estimate of drug-likeness (QED) is 0.146. The van der Waals surface area contributed by atoms with Gasteiger partial charge in [0.15, 0.2) is 18.7 Å². The molecule has 7 N–H and O–H groups in total. The largest absolute Gasteiger partial charge is 0.454 e. The van der Waals surface area contributed by atoms with Crippen LogP contribution >= 0.6 is 0 Å². The van der Waals surface area contributed by atoms with Crippen LogP contribution in [0.15, 0.2) is 0 Å². The molecule has 0 aromatic rings. The maximum atomic E-state index is 12.3. The first-order valence-corrected chi connectivity index (χ1v) is 21.4. The van der Waals surface area contributed by atoms with Crippen LogP contribution < -0.4 is 0 Å². The lowest BCUT2D eigenvalue weighted by atomic mass is 9.32. The van der Waals surface area contributed by atoms with E-state index in [1.807, 2.05) is 0 Å². The Morgan fingerprint density at radius 3 is 1.89 bits per heavy atom. The van der Waals surface area contributed by atoms with Crippen LogP contribution in [0.2, 0.25) is 0 Å². The fraction of sp³-hybridized carbons (Fsp3) is 0.977. The molecule has 14 heteroatoms. The number of ether oxygens (including phenoxy) is 6. The predicted molar refractivity (Wildman–Crippen MR) is 204 cm³/mol. The summed E-state index contributed by atoms with van der Waals surface area (Å²) < 4.78 is 37.7. The van der Waals surface area contributed by atoms with E-state index < -0.39 is 90.1 Å². The first kappa shape index (κ1) is 44.1. The zero-order chi connectivity index (χ0) is 42.1. The van der Waals surface area contributed by atoms with Gasteiger partial charge in [-0.1, -0.05) is 41.5 Å². The molecule has 328 valence electrons. The molecule has 3 aliphatic heterocycles. The van der Waals surface area contributed by atoms with Crippen molar-refractivity contribution >= 4 is 5.97 Å². The molecule has 0 bridgehead atoms. The van der Waals surface area contributed by atoms with Gasteiger partial charge >= 0.3 is 5.97 Å². The summed E-state index contributed by atoms with van der Waals surface area (Å²) in [5, 5.41) is 76.8. The molecule has 0 aromatic heterocycles. The van der Waals surface area contributed by atoms with Gasteiger partial charge in [0, 0.05) is 12.8 Å². The second-order valence-electron chi connectivity index (χ2n) is 21.5. The Balaban J connectivity index is 1.26. The van der Waals surface area contributed by atoms with E-state index in [0.29, 0.717) is 25.7 Å². The van der Waals surface area contributed by atoms with Crippen molar-refractivity contribution in [2.75, 3.05) is 13.2 Å². The smallest absolute Gasteiger partial charge is 0.303 e. The van der Waals surface area contributed by atoms with Crippen LogP contribution in [0.4, 0.5) is 0 Å². The minimum Gasteiger partial charge on any atom is -0.454 e. The minimum atomic E-state index is -1.49. The lowest BCUT2D eigenvalue weighted by Gasteiger charge is -2.73. The molecule has 0 aromatic carbocycles. The third-order valence-electron chi connectivity index (χ3n) is 17.7. The van der Waals surface area contributed by atoms with Crippen LogP contribution in [0.5, 0.6) is 0 Å². The maximum Gasteiger partial charge on any atom is 0.303 e. The monoisotopic (exact) mass is 812 g/mol. The second kappa shape index (κ2) is 14.5. The van der Waals surface area contributed by atoms with E-state index in [2.05, 4.69) is 48.5 Å². The Morgan fingerprint density at radius 1 is 0.684 bits per heavy atom. The maximum absolute atomic E-state index is 12.3. The van der Waals surface area contributed by atoms with Crippen molar-refractivity contribution < 1.29 is 69.0 Å². The van der Waals surface area contributed by atoms with Crippen LogP contribution in [0, 0.1) is 44.8 Å². The summed E-state index contributed by atoms with van der Waals surface area (Å²) in [6.07, 6.45) is -6.74. The van der Waals surface area contributed by atoms with Gasteiger partial charge in [-0.25, -0.2) is 0 Å². The van der Waals surface area contributed by atoms with E-state index in [1.165, 1.54) is 6.92 Å². The standard InChI is InChI=1S/C43H72O14/c1-21(44)54-32-30(49)24(47)20-53-36(32)56-27-11-13-40(7)34(37(27,2)3)25(55-35-31(50)29(48)23(46)19-52-35)17-26-39(40,6)15-16-41(8)33(22(45)18-42(26,41)9)43(10)14-12-28(57-43)38(4,5)51/h22-36,45-51H,11-20H2,1-10H3/t22-,23+,24+,25-,26+,27-,28-,29-,30-,31+,32+,33-,34-,35-,36-,39+,40-,41+,42-,43+/m0/s1. The molecule has 0 spiro atoms. The fourth-order valence-corrected chi connectivity index (χ4v) is 14.5. The van der Waals surface area contributed by atoms with E-state index in [-0.39, 0.29) is 58.7 Å². The molecule has 14 nitrogen and oxygen atoms in total. The second-order valence-corrected chi connectivity index (χ2v) is 21.5. The highest BCUT2D eigenvalue weighted by Crippen LogP contribution is 2.79. The van der Waals surface area contributed by atoms with Gasteiger partial charge in [0.2, 0.25) is 0 Å². The summed E-state index contributed by atoms with van der Waals surface area (Å²) in [6, 6.07) is 0. The molecule has 57 heavy (non-hydrogen) atoms. The van der Waals surface area contributed by atoms with Crippen molar-refractivity contribution in [3.63, 3.8) is 0 Å². The van der Waals surface area contributed by atoms with Crippen molar-refractivity contribution in [3.05, 3.63) is 0 Å². The van der Waals surface area contributed by atoms with Crippen molar-refractivity contribution in [1.29, 1.82) is 0 Å². The highest BCUT2D eigenvalue weighted by molar-refractivity contribution is 5.66. The number of aliphatic hydroxyl groups excluding tert-OH is 6. The molecule has 4 saturated carbocycles. The number of aliphatic hydroxyl groups is 7. The number of rotatable bonds is 7. The van der Waals surface area contributed by atoms with Crippen molar-refractivity contribution in [2.45, 2.75) is 205 Å². The Hall–Kier alpha value is -1.01. The van der Waals surface area contributed by atoms with E-state index in [1.54, 1.807) is 13.8 Å². The number of hydrogen-bond donors (Lipinski definition) is 7. The lowest BCUT2D eigenvalue weighted by Crippen LogP contribution is -2.71. The highest BCUT2D eigenvalue weighted by atomic mass is 16.7. The number of esters is 1. The first-order valence-electron chi connectivity index (χ1n) is 21.4. The van der Waals surface area contributed by atoms with Gasteiger partial charge in [0.05, 0.1) is 48.8 Å². The van der Waals surface area contributed by atoms with Crippen LogP contribution in [0.3, 0.4) is 0 Å². The Labute approximate surface area is 337 Å². The molecule has 0 radical (unpaired) electrons. The summed E-state index contributed by atoms with van der Waals surface area (Å²) in [4.78, 5) is 12.1. The molecule has 0 unspecified atom stereocenters. The lowest BCUT2D eigenvalue weighted by molar-refractivity contribution is -0.347. The fourth-order valence-electron chi connectivity index (χ4n) is 14.5. The van der Waals surface area contributed by atoms with E-state index in [4.69, 9.17) is 28.4 Å². The highest BCUT2D eigenvalue weighted by Gasteiger charge is 2.76. The third-order valence-corrected chi connectivity index (χ3v) is 17.7. The number of hydrogen-bond acceptors (Lipinski definition) is 14. The summed E-state index contributed by atoms with van der Waals surface area (Å²) in [5.41, 5.74) is -3.63. The van der Waals surface area contributed by atoms with Gasteiger partial charge in [-0.05, 0) is 111 Å². The average molecular weight is 813 g/mol. The van der Waals surface area contributed by atoms with Gasteiger partial charge in [-0.3, -0.25) is 4.79 Å². The summed E-state index contributed by atoms with van der Waals surface area (Å²) in [7, 11) is 0. The van der Waals surface area contributed by atoms with Gasteiger partial charge in [-0.2, -0.15) is 0 Å². The zero-order valence-corrected chi connectivity index (χ0v) is 35.7. The molecule has 0 amide bonds. The van der Waals surface area contributed by atoms with Gasteiger partial charge in [0.1, 0.15) is 30.5 Å². The van der Waals surface area contributed by atoms with Gasteiger partial charge in [-0.15, -0.1) is 0 Å². The first-order chi connectivity index (χ1) is 26.2. The summed E-state index contributed by atoms with van der Waals surface area (Å²) >= 11 is 0. The molecule has 3 heterocycles. The molecule has 7 aliphatic rings. The Kier molecular flexibility index (Phi) is 11.2. The van der Waals surface area contributed by atoms with E-state index in [0.717, 1.165) is 25.7 Å². The average Bonchev–Trinajstić information content (AvgIpc) is 3.61. The Bertz CT molecular complexity index is 1500. The molecule has 4 aliphatic carbocycles. The van der Waals surface area contributed by atoms with Crippen LogP contribution in [0.1, 0.15) is 121 Å². The number of carbonyl (C=O) groups is 1. The number of fused-ring (bicyclic) bond motifs is 5. The molecule has 20 atom stereocenters. The summed E-state index contributed by atoms with van der Waals surface area (Å²) in [6.45, 7) is 20.2. The molecule has 3 saturated heterocycles. The van der Waals surface area contributed by atoms with Crippen molar-refractivity contribution in [3.8, 4) is 0 Å². The normalized spacial score (nSPS) is 55.1. The summed E-state index contributed by atoms with van der Waals surface area (Å²) in [5.74, 6) is -0.983. The van der Waals surface area contributed by atoms with Crippen LogP contribution in [0.25, 0.3) is 0 Å². The predicted octanol–water partition coefficient (Wildman–Crippen LogP) is 2.57. The Morgan fingerprint density at radius 2 is 1.28 bits per heavy atom. The topological polar surface area (TPSA) is 214 Å². The molecule has 7 rings (SSSR count). The van der Waals surface area contributed by atoms with E-state index in [9.17, 15) is 40.5 Å². The van der Waals surface area contributed by atoms with Gasteiger partial charge in [0.25, 0.3) is 0 Å². The zero-order valence-electron chi connectivity index (χ0n) is 35.7. The number of carbonyl (C=O) groups excluding carboxylic acids is 1. The van der Waals surface area contributed by atoms with Crippen LogP contribution in [-0.4, -0.2) is 140 Å². The van der Waals surface area contributed by atoms with Gasteiger partial charge < -0.3 is 64.2 Å². The molecular formula is C43H72O14. The molecular weight excluding hydrogens is 740 g/mol.